The summed E-state index contributed by atoms with van der Waals surface area (Å²) in [5, 5.41) is 0.912. The Bertz CT molecular complexity index is 586. The number of amides is 1. The first-order valence-electron chi connectivity index (χ1n) is 5.52. The van der Waals surface area contributed by atoms with E-state index in [0.29, 0.717) is 21.4 Å². The zero-order chi connectivity index (χ0) is 13.8. The molecule has 0 aliphatic heterocycles. The lowest BCUT2D eigenvalue weighted by Crippen LogP contribution is -2.27. The molecule has 98 valence electrons. The molecule has 2 aromatic carbocycles. The molecule has 2 nitrogen and oxygen atoms in total. The lowest BCUT2D eigenvalue weighted by Gasteiger charge is -2.23. The third-order valence-electron chi connectivity index (χ3n) is 2.53. The monoisotopic (exact) mass is 313 g/mol. The number of carbonyl (C=O) groups is 1. The normalized spacial score (nSPS) is 10.3. The summed E-state index contributed by atoms with van der Waals surface area (Å²) in [6.07, 6.45) is 0. The van der Waals surface area contributed by atoms with Gasteiger partial charge in [-0.05, 0) is 30.3 Å². The van der Waals surface area contributed by atoms with Crippen molar-refractivity contribution >= 4 is 52.1 Å². The van der Waals surface area contributed by atoms with Crippen molar-refractivity contribution in [2.24, 2.45) is 0 Å². The molecule has 1 amide bonds. The molecule has 0 bridgehead atoms. The third-order valence-corrected chi connectivity index (χ3v) is 3.30. The number of halogens is 3. The second kappa shape index (κ2) is 6.29. The molecule has 19 heavy (non-hydrogen) atoms. The van der Waals surface area contributed by atoms with Crippen LogP contribution in [0.4, 0.5) is 11.4 Å². The Labute approximate surface area is 126 Å². The average Bonchev–Trinajstić information content (AvgIpc) is 2.42. The fourth-order valence-electron chi connectivity index (χ4n) is 1.72. The second-order valence-electron chi connectivity index (χ2n) is 3.79. The largest absolute Gasteiger partial charge is 0.279 e. The van der Waals surface area contributed by atoms with Crippen LogP contribution >= 0.6 is 34.8 Å². The Morgan fingerprint density at radius 1 is 1.05 bits per heavy atom. The average molecular weight is 315 g/mol. The van der Waals surface area contributed by atoms with Gasteiger partial charge in [-0.2, -0.15) is 0 Å². The predicted molar refractivity (Wildman–Crippen MR) is 80.8 cm³/mol. The van der Waals surface area contributed by atoms with Gasteiger partial charge in [0.05, 0.1) is 10.7 Å². The van der Waals surface area contributed by atoms with Gasteiger partial charge in [0, 0.05) is 10.7 Å². The summed E-state index contributed by atoms with van der Waals surface area (Å²) in [6, 6.07) is 14.2. The second-order valence-corrected chi connectivity index (χ2v) is 4.90. The van der Waals surface area contributed by atoms with Crippen LogP contribution in [0.3, 0.4) is 0 Å². The summed E-state index contributed by atoms with van der Waals surface area (Å²) in [5.74, 6) is -0.384. The number of alkyl halides is 1. The van der Waals surface area contributed by atoms with E-state index in [9.17, 15) is 4.79 Å². The van der Waals surface area contributed by atoms with Crippen molar-refractivity contribution < 1.29 is 4.79 Å². The summed E-state index contributed by atoms with van der Waals surface area (Å²) < 4.78 is 0. The number of rotatable bonds is 3. The van der Waals surface area contributed by atoms with Crippen LogP contribution in [0.2, 0.25) is 10.0 Å². The minimum absolute atomic E-state index is 0.131. The molecule has 0 spiro atoms. The first-order chi connectivity index (χ1) is 9.13. The molecule has 0 aliphatic carbocycles. The van der Waals surface area contributed by atoms with E-state index < -0.39 is 0 Å². The summed E-state index contributed by atoms with van der Waals surface area (Å²) in [5.41, 5.74) is 1.26. The van der Waals surface area contributed by atoms with E-state index in [2.05, 4.69) is 0 Å². The van der Waals surface area contributed by atoms with E-state index >= 15 is 0 Å². The van der Waals surface area contributed by atoms with Crippen LogP contribution < -0.4 is 4.90 Å². The molecule has 0 heterocycles. The fourth-order valence-corrected chi connectivity index (χ4v) is 2.33. The number of anilines is 2. The van der Waals surface area contributed by atoms with Crippen LogP contribution in [0.1, 0.15) is 0 Å². The van der Waals surface area contributed by atoms with Crippen molar-refractivity contribution in [2.75, 3.05) is 10.8 Å². The minimum atomic E-state index is -0.253. The van der Waals surface area contributed by atoms with Gasteiger partial charge >= 0.3 is 0 Å². The Morgan fingerprint density at radius 3 is 2.32 bits per heavy atom. The van der Waals surface area contributed by atoms with Crippen LogP contribution in [0, 0.1) is 0 Å². The maximum atomic E-state index is 12.1. The number of nitrogens with zero attached hydrogens (tertiary/aromatic N) is 1. The topological polar surface area (TPSA) is 20.3 Å². The number of carbonyl (C=O) groups excluding carboxylic acids is 1. The smallest absolute Gasteiger partial charge is 0.246 e. The van der Waals surface area contributed by atoms with Gasteiger partial charge in [-0.25, -0.2) is 0 Å². The van der Waals surface area contributed by atoms with Crippen molar-refractivity contribution in [3.63, 3.8) is 0 Å². The number of benzene rings is 2. The molecule has 2 rings (SSSR count). The van der Waals surface area contributed by atoms with Crippen molar-refractivity contribution in [2.45, 2.75) is 0 Å². The SMILES string of the molecule is O=C(CCl)N(c1ccccc1)c1ccc(Cl)cc1Cl. The summed E-state index contributed by atoms with van der Waals surface area (Å²) in [7, 11) is 0. The maximum absolute atomic E-state index is 12.1. The van der Waals surface area contributed by atoms with E-state index in [-0.39, 0.29) is 11.8 Å². The van der Waals surface area contributed by atoms with Gasteiger partial charge in [0.2, 0.25) is 5.91 Å². The predicted octanol–water partition coefficient (Wildman–Crippen LogP) is 4.90. The standard InChI is InChI=1S/C14H10Cl3NO/c15-9-14(19)18(11-4-2-1-3-5-11)13-7-6-10(16)8-12(13)17/h1-8H,9H2. The summed E-state index contributed by atoms with van der Waals surface area (Å²) >= 11 is 17.7. The highest BCUT2D eigenvalue weighted by Crippen LogP contribution is 2.33. The molecule has 0 fully saturated rings. The Morgan fingerprint density at radius 2 is 1.74 bits per heavy atom. The molecular formula is C14H10Cl3NO. The highest BCUT2D eigenvalue weighted by molar-refractivity contribution is 6.37. The van der Waals surface area contributed by atoms with Gasteiger partial charge in [0.25, 0.3) is 0 Å². The first kappa shape index (κ1) is 14.2. The number of hydrogen-bond donors (Lipinski definition) is 0. The van der Waals surface area contributed by atoms with Gasteiger partial charge < -0.3 is 0 Å². The van der Waals surface area contributed by atoms with Crippen LogP contribution in [0.15, 0.2) is 48.5 Å². The van der Waals surface area contributed by atoms with Crippen LogP contribution in [-0.4, -0.2) is 11.8 Å². The van der Waals surface area contributed by atoms with E-state index in [1.165, 1.54) is 4.90 Å². The van der Waals surface area contributed by atoms with Gasteiger partial charge in [-0.1, -0.05) is 41.4 Å². The van der Waals surface area contributed by atoms with E-state index in [1.54, 1.807) is 18.2 Å². The first-order valence-corrected chi connectivity index (χ1v) is 6.81. The molecule has 0 radical (unpaired) electrons. The Hall–Kier alpha value is -1.22. The summed E-state index contributed by atoms with van der Waals surface area (Å²) in [6.45, 7) is 0. The number of para-hydroxylation sites is 1. The van der Waals surface area contributed by atoms with Crippen molar-refractivity contribution in [1.82, 2.24) is 0 Å². The van der Waals surface area contributed by atoms with Gasteiger partial charge in [0.1, 0.15) is 5.88 Å². The van der Waals surface area contributed by atoms with E-state index in [0.717, 1.165) is 0 Å². The molecule has 2 aromatic rings. The molecule has 0 aromatic heterocycles. The lowest BCUT2D eigenvalue weighted by atomic mass is 10.2. The zero-order valence-corrected chi connectivity index (χ0v) is 12.1. The minimum Gasteiger partial charge on any atom is -0.279 e. The fraction of sp³-hybridized carbons (Fsp3) is 0.0714. The Balaban J connectivity index is 2.52. The van der Waals surface area contributed by atoms with E-state index in [1.807, 2.05) is 30.3 Å². The van der Waals surface area contributed by atoms with E-state index in [4.69, 9.17) is 34.8 Å². The van der Waals surface area contributed by atoms with Crippen molar-refractivity contribution in [3.05, 3.63) is 58.6 Å². The van der Waals surface area contributed by atoms with Gasteiger partial charge in [-0.15, -0.1) is 11.6 Å². The molecule has 0 unspecified atom stereocenters. The lowest BCUT2D eigenvalue weighted by molar-refractivity contribution is -0.115. The molecule has 0 aliphatic rings. The van der Waals surface area contributed by atoms with Crippen LogP contribution in [-0.2, 0) is 4.79 Å². The molecule has 0 saturated carbocycles. The van der Waals surface area contributed by atoms with Crippen LogP contribution in [0.5, 0.6) is 0 Å². The van der Waals surface area contributed by atoms with Crippen molar-refractivity contribution in [1.29, 1.82) is 0 Å². The summed E-state index contributed by atoms with van der Waals surface area (Å²) in [4.78, 5) is 13.5. The molecule has 0 atom stereocenters. The molecule has 5 heteroatoms. The quantitative estimate of drug-likeness (QED) is 0.738. The highest BCUT2D eigenvalue weighted by Gasteiger charge is 2.19. The van der Waals surface area contributed by atoms with Crippen LogP contribution in [0.25, 0.3) is 0 Å². The third kappa shape index (κ3) is 3.21. The van der Waals surface area contributed by atoms with Gasteiger partial charge in [0.15, 0.2) is 0 Å². The zero-order valence-electron chi connectivity index (χ0n) is 9.82. The number of hydrogen-bond acceptors (Lipinski definition) is 1. The molecule has 0 N–H and O–H groups in total. The Kier molecular flexibility index (Phi) is 4.70. The molecule has 0 saturated heterocycles. The molecular weight excluding hydrogens is 305 g/mol. The van der Waals surface area contributed by atoms with Gasteiger partial charge in [-0.3, -0.25) is 9.69 Å². The van der Waals surface area contributed by atoms with Crippen molar-refractivity contribution in [3.8, 4) is 0 Å². The highest BCUT2D eigenvalue weighted by atomic mass is 35.5. The maximum Gasteiger partial charge on any atom is 0.246 e.